The summed E-state index contributed by atoms with van der Waals surface area (Å²) in [6, 6.07) is 0. The molecule has 0 bridgehead atoms. The van der Waals surface area contributed by atoms with Crippen molar-refractivity contribution in [1.29, 1.82) is 0 Å². The molecule has 2 aliphatic heterocycles. The minimum Gasteiger partial charge on any atom is -0.466 e. The molecule has 0 aromatic carbocycles. The number of hydrogen-bond acceptors (Lipinski definition) is 6. The highest BCUT2D eigenvalue weighted by Gasteiger charge is 2.26. The average molecular weight is 316 g/mol. The molecule has 2 heterocycles. The Bertz CT molecular complexity index is 394. The number of rotatable bonds is 1. The Hall–Kier alpha value is -2.12. The third kappa shape index (κ3) is 8.23. The van der Waals surface area contributed by atoms with Crippen LogP contribution in [0.2, 0.25) is 0 Å². The van der Waals surface area contributed by atoms with E-state index in [1.807, 2.05) is 7.05 Å². The monoisotopic (exact) mass is 316 g/mol. The van der Waals surface area contributed by atoms with E-state index < -0.39 is 6.09 Å². The predicted octanol–water partition coefficient (Wildman–Crippen LogP) is 0.793. The van der Waals surface area contributed by atoms with E-state index in [0.29, 0.717) is 12.5 Å². The van der Waals surface area contributed by atoms with Gasteiger partial charge in [0.2, 0.25) is 5.91 Å². The molecule has 2 rings (SSSR count). The topological polar surface area (TPSA) is 93.2 Å². The lowest BCUT2D eigenvalue weighted by molar-refractivity contribution is -0.140. The van der Waals surface area contributed by atoms with E-state index in [9.17, 15) is 19.2 Å². The van der Waals surface area contributed by atoms with E-state index in [1.165, 1.54) is 20.4 Å². The number of likely N-dealkylation sites (N-methyl/N-ethyl adjacent to an activating group) is 1. The highest BCUT2D eigenvalue weighted by atomic mass is 16.6. The molecule has 8 heteroatoms. The largest absolute Gasteiger partial charge is 0.466 e. The van der Waals surface area contributed by atoms with Crippen LogP contribution in [-0.2, 0) is 23.9 Å². The van der Waals surface area contributed by atoms with Gasteiger partial charge in [0.1, 0.15) is 0 Å². The van der Waals surface area contributed by atoms with Gasteiger partial charge in [0, 0.05) is 34.0 Å². The minimum atomic E-state index is -0.560. The summed E-state index contributed by atoms with van der Waals surface area (Å²) >= 11 is 0. The summed E-state index contributed by atoms with van der Waals surface area (Å²) in [5.74, 6) is -0.191. The lowest BCUT2D eigenvalue weighted by Gasteiger charge is -2.21. The summed E-state index contributed by atoms with van der Waals surface area (Å²) in [5, 5.41) is 0. The van der Waals surface area contributed by atoms with Gasteiger partial charge in [-0.15, -0.1) is 0 Å². The van der Waals surface area contributed by atoms with Gasteiger partial charge >= 0.3 is 12.1 Å². The molecule has 0 N–H and O–H groups in total. The molecule has 2 saturated heterocycles. The number of imide groups is 1. The van der Waals surface area contributed by atoms with E-state index in [-0.39, 0.29) is 18.5 Å². The molecule has 0 radical (unpaired) electrons. The van der Waals surface area contributed by atoms with Crippen molar-refractivity contribution in [2.75, 3.05) is 33.9 Å². The van der Waals surface area contributed by atoms with Gasteiger partial charge in [0.15, 0.2) is 6.61 Å². The Morgan fingerprint density at radius 1 is 1.18 bits per heavy atom. The fourth-order valence-electron chi connectivity index (χ4n) is 1.56. The quantitative estimate of drug-likeness (QED) is 0.664. The van der Waals surface area contributed by atoms with E-state index in [1.54, 1.807) is 11.8 Å². The summed E-state index contributed by atoms with van der Waals surface area (Å²) < 4.78 is 8.72. The van der Waals surface area contributed by atoms with Gasteiger partial charge in [0.05, 0.1) is 6.61 Å². The molecular formula is C14H24N2O6. The molecule has 126 valence electrons. The van der Waals surface area contributed by atoms with Gasteiger partial charge in [-0.3, -0.25) is 14.4 Å². The second-order valence-electron chi connectivity index (χ2n) is 4.70. The fraction of sp³-hybridized carbons (Fsp3) is 0.714. The van der Waals surface area contributed by atoms with Gasteiger partial charge in [-0.05, 0) is 19.8 Å². The Morgan fingerprint density at radius 3 is 2.00 bits per heavy atom. The number of esters is 1. The first kappa shape index (κ1) is 19.9. The molecule has 0 aromatic rings. The first-order chi connectivity index (χ1) is 10.3. The summed E-state index contributed by atoms with van der Waals surface area (Å²) in [6.45, 7) is 4.51. The molecule has 0 atom stereocenters. The number of amides is 3. The van der Waals surface area contributed by atoms with Crippen LogP contribution in [0.25, 0.3) is 0 Å². The van der Waals surface area contributed by atoms with Crippen molar-refractivity contribution in [3.8, 4) is 0 Å². The summed E-state index contributed by atoms with van der Waals surface area (Å²) in [7, 11) is 3.25. The predicted molar refractivity (Wildman–Crippen MR) is 77.9 cm³/mol. The van der Waals surface area contributed by atoms with Crippen molar-refractivity contribution in [1.82, 2.24) is 9.80 Å². The van der Waals surface area contributed by atoms with E-state index in [0.717, 1.165) is 24.3 Å². The van der Waals surface area contributed by atoms with Crippen LogP contribution >= 0.6 is 0 Å². The molecule has 22 heavy (non-hydrogen) atoms. The molecule has 0 aliphatic carbocycles. The van der Waals surface area contributed by atoms with Crippen LogP contribution in [0.3, 0.4) is 0 Å². The number of piperidine rings is 1. The number of cyclic esters (lactones) is 1. The van der Waals surface area contributed by atoms with Gasteiger partial charge in [-0.25, -0.2) is 9.69 Å². The van der Waals surface area contributed by atoms with Crippen LogP contribution in [0.1, 0.15) is 33.1 Å². The molecule has 3 amide bonds. The standard InChI is InChI=1S/C6H11NO.C4H5NO3.C4H8O2/c1-7-5-3-2-4-6(7)8;1-5-3(6)2-8-4(5)7;1-3-6-4(2)5/h2-5H2,1H3;2H2,1H3;3H2,1-2H3. The third-order valence-corrected chi connectivity index (χ3v) is 2.87. The molecule has 0 saturated carbocycles. The second kappa shape index (κ2) is 10.6. The lowest BCUT2D eigenvalue weighted by Crippen LogP contribution is -2.31. The molecule has 0 spiro atoms. The maximum absolute atomic E-state index is 10.7. The molecule has 2 aliphatic rings. The van der Waals surface area contributed by atoms with Crippen molar-refractivity contribution in [3.63, 3.8) is 0 Å². The second-order valence-corrected chi connectivity index (χ2v) is 4.70. The number of carbonyl (C=O) groups excluding carboxylic acids is 4. The van der Waals surface area contributed by atoms with Gasteiger partial charge in [0.25, 0.3) is 5.91 Å². The lowest BCUT2D eigenvalue weighted by atomic mass is 10.1. The Morgan fingerprint density at radius 2 is 1.82 bits per heavy atom. The van der Waals surface area contributed by atoms with Crippen LogP contribution in [-0.4, -0.2) is 67.5 Å². The highest BCUT2D eigenvalue weighted by molar-refractivity contribution is 5.97. The number of ether oxygens (including phenoxy) is 2. The number of hydrogen-bond donors (Lipinski definition) is 0. The van der Waals surface area contributed by atoms with Crippen molar-refractivity contribution in [3.05, 3.63) is 0 Å². The zero-order valence-electron chi connectivity index (χ0n) is 13.6. The first-order valence-corrected chi connectivity index (χ1v) is 7.10. The maximum Gasteiger partial charge on any atom is 0.416 e. The SMILES string of the molecule is CCOC(C)=O.CN1C(=O)COC1=O.CN1CCCCC1=O. The molecule has 0 aromatic heterocycles. The van der Waals surface area contributed by atoms with Crippen molar-refractivity contribution < 1.29 is 28.7 Å². The fourth-order valence-corrected chi connectivity index (χ4v) is 1.56. The summed E-state index contributed by atoms with van der Waals surface area (Å²) in [6.07, 6.45) is 2.47. The molecule has 0 unspecified atom stereocenters. The zero-order valence-corrected chi connectivity index (χ0v) is 13.6. The number of carbonyl (C=O) groups is 4. The maximum atomic E-state index is 10.7. The van der Waals surface area contributed by atoms with Crippen molar-refractivity contribution in [2.45, 2.75) is 33.1 Å². The van der Waals surface area contributed by atoms with E-state index >= 15 is 0 Å². The molecular weight excluding hydrogens is 292 g/mol. The number of likely N-dealkylation sites (tertiary alicyclic amines) is 1. The Labute approximate surface area is 130 Å². The van der Waals surface area contributed by atoms with E-state index in [2.05, 4.69) is 9.47 Å². The Kier molecular flexibility index (Phi) is 9.56. The van der Waals surface area contributed by atoms with Crippen LogP contribution in [0.4, 0.5) is 4.79 Å². The van der Waals surface area contributed by atoms with Gasteiger partial charge < -0.3 is 14.4 Å². The highest BCUT2D eigenvalue weighted by Crippen LogP contribution is 2.06. The van der Waals surface area contributed by atoms with Crippen LogP contribution < -0.4 is 0 Å². The minimum absolute atomic E-state index is 0.102. The molecule has 2 fully saturated rings. The summed E-state index contributed by atoms with van der Waals surface area (Å²) in [5.41, 5.74) is 0. The zero-order chi connectivity index (χ0) is 17.1. The van der Waals surface area contributed by atoms with Gasteiger partial charge in [-0.2, -0.15) is 0 Å². The van der Waals surface area contributed by atoms with Crippen LogP contribution in [0.15, 0.2) is 0 Å². The summed E-state index contributed by atoms with van der Waals surface area (Å²) in [4.78, 5) is 43.9. The van der Waals surface area contributed by atoms with Crippen LogP contribution in [0.5, 0.6) is 0 Å². The molecule has 8 nitrogen and oxygen atoms in total. The smallest absolute Gasteiger partial charge is 0.416 e. The Balaban J connectivity index is 0.000000306. The van der Waals surface area contributed by atoms with Crippen molar-refractivity contribution in [2.24, 2.45) is 0 Å². The average Bonchev–Trinajstić information content (AvgIpc) is 2.75. The van der Waals surface area contributed by atoms with Gasteiger partial charge in [-0.1, -0.05) is 0 Å². The van der Waals surface area contributed by atoms with Crippen LogP contribution in [0, 0.1) is 0 Å². The first-order valence-electron chi connectivity index (χ1n) is 7.10. The third-order valence-electron chi connectivity index (χ3n) is 2.87. The van der Waals surface area contributed by atoms with E-state index in [4.69, 9.17) is 0 Å². The normalized spacial score (nSPS) is 17.0. The number of nitrogens with zero attached hydrogens (tertiary/aromatic N) is 2. The van der Waals surface area contributed by atoms with Crippen molar-refractivity contribution >= 4 is 23.9 Å².